The Morgan fingerprint density at radius 2 is 1.80 bits per heavy atom. The van der Waals surface area contributed by atoms with Gasteiger partial charge < -0.3 is 10.2 Å². The topological polar surface area (TPSA) is 15.3 Å². The van der Waals surface area contributed by atoms with Gasteiger partial charge in [-0.25, -0.2) is 0 Å². The Labute approximate surface area is 129 Å². The molecule has 20 heavy (non-hydrogen) atoms. The molecule has 0 radical (unpaired) electrons. The minimum atomic E-state index is 0.456. The van der Waals surface area contributed by atoms with Crippen molar-refractivity contribution in [2.24, 2.45) is 5.92 Å². The summed E-state index contributed by atoms with van der Waals surface area (Å²) in [6.07, 6.45) is 3.66. The molecule has 1 rings (SSSR count). The third-order valence-electron chi connectivity index (χ3n) is 4.35. The number of rotatable bonds is 9. The molecule has 0 spiro atoms. The number of nitrogens with one attached hydrogen (secondary N) is 1. The molecule has 0 fully saturated rings. The van der Waals surface area contributed by atoms with Gasteiger partial charge in [-0.2, -0.15) is 0 Å². The molecule has 0 amide bonds. The standard InChI is InChI=1S/C17H32N2S/c1-7-14(8-2)16(19(5)6)12-18-13(4)17-11-10-15(9-3)20-17/h10-11,13-14,16,18H,7-9,12H2,1-6H3. The maximum Gasteiger partial charge on any atom is 0.0386 e. The first-order valence-electron chi connectivity index (χ1n) is 8.01. The number of hydrogen-bond acceptors (Lipinski definition) is 3. The van der Waals surface area contributed by atoms with Crippen LogP contribution in [0, 0.1) is 5.92 Å². The molecule has 0 saturated heterocycles. The maximum atomic E-state index is 3.74. The van der Waals surface area contributed by atoms with E-state index in [1.807, 2.05) is 11.3 Å². The van der Waals surface area contributed by atoms with E-state index < -0.39 is 0 Å². The lowest BCUT2D eigenvalue weighted by atomic mass is 9.93. The highest BCUT2D eigenvalue weighted by Crippen LogP contribution is 2.24. The fourth-order valence-corrected chi connectivity index (χ4v) is 3.80. The molecule has 116 valence electrons. The second-order valence-corrected chi connectivity index (χ2v) is 7.10. The molecule has 3 heteroatoms. The van der Waals surface area contributed by atoms with Crippen molar-refractivity contribution in [3.63, 3.8) is 0 Å². The Bertz CT molecular complexity index is 369. The van der Waals surface area contributed by atoms with Gasteiger partial charge >= 0.3 is 0 Å². The Morgan fingerprint density at radius 1 is 1.15 bits per heavy atom. The van der Waals surface area contributed by atoms with Gasteiger partial charge in [-0.15, -0.1) is 11.3 Å². The van der Waals surface area contributed by atoms with Gasteiger partial charge in [0.1, 0.15) is 0 Å². The van der Waals surface area contributed by atoms with Gasteiger partial charge in [0.05, 0.1) is 0 Å². The van der Waals surface area contributed by atoms with Gasteiger partial charge in [0, 0.05) is 28.4 Å². The van der Waals surface area contributed by atoms with Gasteiger partial charge in [-0.05, 0) is 45.5 Å². The summed E-state index contributed by atoms with van der Waals surface area (Å²) in [6, 6.07) is 5.63. The summed E-state index contributed by atoms with van der Waals surface area (Å²) < 4.78 is 0. The number of aryl methyl sites for hydroxylation is 1. The Hall–Kier alpha value is -0.380. The van der Waals surface area contributed by atoms with E-state index in [1.54, 1.807) is 0 Å². The summed E-state index contributed by atoms with van der Waals surface area (Å²) in [5.41, 5.74) is 0. The van der Waals surface area contributed by atoms with Crippen molar-refractivity contribution in [2.75, 3.05) is 20.6 Å². The van der Waals surface area contributed by atoms with Crippen LogP contribution in [-0.2, 0) is 6.42 Å². The Kier molecular flexibility index (Phi) is 7.78. The molecule has 0 saturated carbocycles. The Balaban J connectivity index is 2.58. The lowest BCUT2D eigenvalue weighted by molar-refractivity contribution is 0.190. The predicted octanol–water partition coefficient (Wildman–Crippen LogP) is 4.33. The molecule has 1 aromatic rings. The summed E-state index contributed by atoms with van der Waals surface area (Å²) in [6.45, 7) is 10.2. The van der Waals surface area contributed by atoms with Crippen LogP contribution in [0.5, 0.6) is 0 Å². The number of nitrogens with zero attached hydrogens (tertiary/aromatic N) is 1. The van der Waals surface area contributed by atoms with E-state index in [0.717, 1.165) is 18.9 Å². The third kappa shape index (κ3) is 4.87. The highest BCUT2D eigenvalue weighted by atomic mass is 32.1. The van der Waals surface area contributed by atoms with E-state index in [-0.39, 0.29) is 0 Å². The van der Waals surface area contributed by atoms with Gasteiger partial charge in [0.25, 0.3) is 0 Å². The van der Waals surface area contributed by atoms with E-state index >= 15 is 0 Å². The van der Waals surface area contributed by atoms with Crippen LogP contribution in [0.15, 0.2) is 12.1 Å². The van der Waals surface area contributed by atoms with Crippen LogP contribution in [0.3, 0.4) is 0 Å². The minimum Gasteiger partial charge on any atom is -0.308 e. The molecular weight excluding hydrogens is 264 g/mol. The summed E-state index contributed by atoms with van der Waals surface area (Å²) in [5.74, 6) is 0.777. The molecule has 0 aliphatic rings. The Morgan fingerprint density at radius 3 is 2.25 bits per heavy atom. The van der Waals surface area contributed by atoms with Crippen molar-refractivity contribution in [2.45, 2.75) is 59.0 Å². The summed E-state index contributed by atoms with van der Waals surface area (Å²) in [4.78, 5) is 5.32. The molecule has 2 nitrogen and oxygen atoms in total. The lowest BCUT2D eigenvalue weighted by Gasteiger charge is -2.32. The highest BCUT2D eigenvalue weighted by molar-refractivity contribution is 7.12. The molecule has 0 aromatic carbocycles. The van der Waals surface area contributed by atoms with E-state index in [9.17, 15) is 0 Å². The van der Waals surface area contributed by atoms with Crippen LogP contribution >= 0.6 is 11.3 Å². The molecule has 1 aromatic heterocycles. The first-order valence-corrected chi connectivity index (χ1v) is 8.83. The summed E-state index contributed by atoms with van der Waals surface area (Å²) >= 11 is 1.94. The molecule has 0 aliphatic heterocycles. The van der Waals surface area contributed by atoms with Crippen molar-refractivity contribution in [1.82, 2.24) is 10.2 Å². The molecule has 1 heterocycles. The summed E-state index contributed by atoms with van der Waals surface area (Å²) in [5, 5.41) is 3.74. The van der Waals surface area contributed by atoms with E-state index in [2.05, 4.69) is 64.1 Å². The SMILES string of the molecule is CCc1ccc(C(C)NCC(C(CC)CC)N(C)C)s1. The average Bonchev–Trinajstić information content (AvgIpc) is 2.91. The maximum absolute atomic E-state index is 3.74. The molecular formula is C17H32N2S. The van der Waals surface area contributed by atoms with Gasteiger partial charge in [-0.3, -0.25) is 0 Å². The van der Waals surface area contributed by atoms with Gasteiger partial charge in [0.15, 0.2) is 0 Å². The van der Waals surface area contributed by atoms with Gasteiger partial charge in [-0.1, -0.05) is 33.6 Å². The largest absolute Gasteiger partial charge is 0.308 e. The average molecular weight is 297 g/mol. The van der Waals surface area contributed by atoms with Crippen LogP contribution in [0.4, 0.5) is 0 Å². The fraction of sp³-hybridized carbons (Fsp3) is 0.765. The van der Waals surface area contributed by atoms with E-state index in [1.165, 1.54) is 22.6 Å². The zero-order valence-corrected chi connectivity index (χ0v) is 14.9. The molecule has 2 unspecified atom stereocenters. The highest BCUT2D eigenvalue weighted by Gasteiger charge is 2.21. The molecule has 2 atom stereocenters. The number of hydrogen-bond donors (Lipinski definition) is 1. The zero-order valence-electron chi connectivity index (χ0n) is 14.1. The zero-order chi connectivity index (χ0) is 15.1. The number of thiophene rings is 1. The second kappa shape index (κ2) is 8.81. The van der Waals surface area contributed by atoms with Crippen LogP contribution in [0.2, 0.25) is 0 Å². The van der Waals surface area contributed by atoms with Crippen molar-refractivity contribution < 1.29 is 0 Å². The van der Waals surface area contributed by atoms with E-state index in [4.69, 9.17) is 0 Å². The van der Waals surface area contributed by atoms with Crippen LogP contribution in [0.1, 0.15) is 56.3 Å². The van der Waals surface area contributed by atoms with Crippen molar-refractivity contribution in [1.29, 1.82) is 0 Å². The van der Waals surface area contributed by atoms with Crippen LogP contribution in [0.25, 0.3) is 0 Å². The third-order valence-corrected chi connectivity index (χ3v) is 5.76. The summed E-state index contributed by atoms with van der Waals surface area (Å²) in [7, 11) is 4.41. The minimum absolute atomic E-state index is 0.456. The van der Waals surface area contributed by atoms with Crippen molar-refractivity contribution in [3.05, 3.63) is 21.9 Å². The number of likely N-dealkylation sites (N-methyl/N-ethyl adjacent to an activating group) is 1. The first-order chi connectivity index (χ1) is 9.53. The smallest absolute Gasteiger partial charge is 0.0386 e. The van der Waals surface area contributed by atoms with Crippen LogP contribution in [-0.4, -0.2) is 31.6 Å². The van der Waals surface area contributed by atoms with E-state index in [0.29, 0.717) is 12.1 Å². The second-order valence-electron chi connectivity index (χ2n) is 5.90. The van der Waals surface area contributed by atoms with Gasteiger partial charge in [0.2, 0.25) is 0 Å². The van der Waals surface area contributed by atoms with Crippen molar-refractivity contribution >= 4 is 11.3 Å². The predicted molar refractivity (Wildman–Crippen MR) is 91.7 cm³/mol. The normalized spacial score (nSPS) is 15.0. The monoisotopic (exact) mass is 296 g/mol. The lowest BCUT2D eigenvalue weighted by Crippen LogP contribution is -2.43. The quantitative estimate of drug-likeness (QED) is 0.730. The fourth-order valence-electron chi connectivity index (χ4n) is 2.82. The van der Waals surface area contributed by atoms with Crippen molar-refractivity contribution in [3.8, 4) is 0 Å². The molecule has 0 aliphatic carbocycles. The molecule has 0 bridgehead atoms. The molecule has 1 N–H and O–H groups in total. The first kappa shape index (κ1) is 17.7. The van der Waals surface area contributed by atoms with Crippen LogP contribution < -0.4 is 5.32 Å².